The molecule has 0 unspecified atom stereocenters. The van der Waals surface area contributed by atoms with Crippen LogP contribution in [0.2, 0.25) is 10.0 Å². The van der Waals surface area contributed by atoms with E-state index in [1.807, 2.05) is 6.92 Å². The number of anilines is 1. The van der Waals surface area contributed by atoms with Crippen LogP contribution in [0.3, 0.4) is 0 Å². The lowest BCUT2D eigenvalue weighted by molar-refractivity contribution is -0.385. The van der Waals surface area contributed by atoms with Crippen LogP contribution < -0.4 is 10.1 Å². The molecule has 0 amide bonds. The van der Waals surface area contributed by atoms with Crippen molar-refractivity contribution in [3.8, 4) is 11.6 Å². The fraction of sp³-hybridized carbons (Fsp3) is 0.167. The minimum Gasteiger partial charge on any atom is -0.430 e. The number of nitrogens with one attached hydrogen (secondary N) is 1. The second-order valence-corrected chi connectivity index (χ2v) is 4.68. The molecule has 2 rings (SSSR count). The Morgan fingerprint density at radius 2 is 2.05 bits per heavy atom. The normalized spacial score (nSPS) is 10.2. The van der Waals surface area contributed by atoms with Gasteiger partial charge in [0, 0.05) is 18.7 Å². The number of nitro groups is 1. The summed E-state index contributed by atoms with van der Waals surface area (Å²) in [6.45, 7) is 2.56. The molecule has 0 bridgehead atoms. The number of nitro benzene ring substituents is 1. The second-order valence-electron chi connectivity index (χ2n) is 3.87. The van der Waals surface area contributed by atoms with Gasteiger partial charge in [0.05, 0.1) is 27.4 Å². The highest BCUT2D eigenvalue weighted by atomic mass is 35.5. The third-order valence-electron chi connectivity index (χ3n) is 2.38. The molecule has 21 heavy (non-hydrogen) atoms. The van der Waals surface area contributed by atoms with Gasteiger partial charge in [0.1, 0.15) is 5.82 Å². The molecule has 0 saturated heterocycles. The summed E-state index contributed by atoms with van der Waals surface area (Å²) in [4.78, 5) is 18.5. The van der Waals surface area contributed by atoms with Gasteiger partial charge in [-0.1, -0.05) is 23.2 Å². The number of nitrogens with zero attached hydrogens (tertiary/aromatic N) is 3. The number of halogens is 2. The molecule has 1 heterocycles. The number of rotatable bonds is 5. The van der Waals surface area contributed by atoms with Gasteiger partial charge >= 0.3 is 5.69 Å². The van der Waals surface area contributed by atoms with E-state index in [1.165, 1.54) is 18.5 Å². The summed E-state index contributed by atoms with van der Waals surface area (Å²) in [5.41, 5.74) is -0.306. The number of ether oxygens (including phenoxy) is 1. The smallest absolute Gasteiger partial charge is 0.313 e. The van der Waals surface area contributed by atoms with E-state index in [4.69, 9.17) is 27.9 Å². The molecule has 0 fully saturated rings. The molecule has 0 spiro atoms. The molecule has 0 saturated carbocycles. The second kappa shape index (κ2) is 6.55. The maximum atomic E-state index is 11.0. The summed E-state index contributed by atoms with van der Waals surface area (Å²) in [7, 11) is 0. The molecular formula is C12H10Cl2N4O3. The van der Waals surface area contributed by atoms with Crippen molar-refractivity contribution in [2.45, 2.75) is 6.92 Å². The van der Waals surface area contributed by atoms with Crippen molar-refractivity contribution in [3.63, 3.8) is 0 Å². The summed E-state index contributed by atoms with van der Waals surface area (Å²) < 4.78 is 5.40. The Labute approximate surface area is 130 Å². The highest BCUT2D eigenvalue weighted by Gasteiger charge is 2.19. The molecule has 110 valence electrons. The zero-order valence-electron chi connectivity index (χ0n) is 10.8. The van der Waals surface area contributed by atoms with Crippen LogP contribution in [0, 0.1) is 10.1 Å². The number of benzene rings is 1. The number of aromatic nitrogens is 2. The van der Waals surface area contributed by atoms with Crippen LogP contribution in [0.4, 0.5) is 11.5 Å². The van der Waals surface area contributed by atoms with Gasteiger partial charge in [-0.05, 0) is 6.92 Å². The van der Waals surface area contributed by atoms with E-state index in [-0.39, 0.29) is 27.4 Å². The zero-order chi connectivity index (χ0) is 15.4. The maximum absolute atomic E-state index is 11.0. The monoisotopic (exact) mass is 328 g/mol. The predicted octanol–water partition coefficient (Wildman–Crippen LogP) is 3.92. The van der Waals surface area contributed by atoms with Gasteiger partial charge < -0.3 is 10.1 Å². The van der Waals surface area contributed by atoms with Crippen LogP contribution in [0.1, 0.15) is 6.92 Å². The fourth-order valence-electron chi connectivity index (χ4n) is 1.52. The van der Waals surface area contributed by atoms with Gasteiger partial charge in [0.25, 0.3) is 0 Å². The lowest BCUT2D eigenvalue weighted by Crippen LogP contribution is -2.01. The van der Waals surface area contributed by atoms with Crippen molar-refractivity contribution in [2.24, 2.45) is 0 Å². The first-order valence-electron chi connectivity index (χ1n) is 5.88. The van der Waals surface area contributed by atoms with E-state index in [2.05, 4.69) is 15.3 Å². The van der Waals surface area contributed by atoms with E-state index in [9.17, 15) is 10.1 Å². The maximum Gasteiger partial charge on any atom is 0.313 e. The van der Waals surface area contributed by atoms with Crippen LogP contribution in [-0.2, 0) is 0 Å². The van der Waals surface area contributed by atoms with Gasteiger partial charge in [-0.2, -0.15) is 4.98 Å². The van der Waals surface area contributed by atoms with Crippen molar-refractivity contribution in [1.29, 1.82) is 0 Å². The van der Waals surface area contributed by atoms with E-state index in [1.54, 1.807) is 0 Å². The van der Waals surface area contributed by atoms with Gasteiger partial charge in [-0.3, -0.25) is 15.1 Å². The predicted molar refractivity (Wildman–Crippen MR) is 79.4 cm³/mol. The van der Waals surface area contributed by atoms with Crippen LogP contribution in [-0.4, -0.2) is 21.4 Å². The molecule has 0 aliphatic heterocycles. The Morgan fingerprint density at radius 3 is 2.71 bits per heavy atom. The van der Waals surface area contributed by atoms with Crippen molar-refractivity contribution < 1.29 is 9.66 Å². The molecule has 2 aromatic rings. The van der Waals surface area contributed by atoms with Gasteiger partial charge in [0.2, 0.25) is 11.6 Å². The van der Waals surface area contributed by atoms with Crippen LogP contribution in [0.15, 0.2) is 24.5 Å². The number of hydrogen-bond acceptors (Lipinski definition) is 6. The molecule has 1 aromatic carbocycles. The zero-order valence-corrected chi connectivity index (χ0v) is 12.4. The Hall–Kier alpha value is -2.12. The molecule has 0 aliphatic rings. The average Bonchev–Trinajstić information content (AvgIpc) is 2.43. The molecule has 1 aromatic heterocycles. The minimum absolute atomic E-state index is 0.0580. The molecule has 7 nitrogen and oxygen atoms in total. The van der Waals surface area contributed by atoms with Crippen molar-refractivity contribution in [1.82, 2.24) is 9.97 Å². The van der Waals surface area contributed by atoms with Crippen LogP contribution in [0.5, 0.6) is 11.6 Å². The summed E-state index contributed by atoms with van der Waals surface area (Å²) in [6, 6.07) is 2.39. The van der Waals surface area contributed by atoms with E-state index < -0.39 is 4.92 Å². The Balaban J connectivity index is 2.36. The summed E-state index contributed by atoms with van der Waals surface area (Å²) in [6.07, 6.45) is 2.85. The quantitative estimate of drug-likeness (QED) is 0.660. The van der Waals surface area contributed by atoms with Crippen LogP contribution >= 0.6 is 23.2 Å². The summed E-state index contributed by atoms with van der Waals surface area (Å²) in [5, 5.41) is 14.2. The van der Waals surface area contributed by atoms with Crippen molar-refractivity contribution in [2.75, 3.05) is 11.9 Å². The first-order chi connectivity index (χ1) is 10.0. The first kappa shape index (κ1) is 15.3. The fourth-order valence-corrected chi connectivity index (χ4v) is 1.83. The Bertz CT molecular complexity index is 682. The van der Waals surface area contributed by atoms with Crippen molar-refractivity contribution in [3.05, 3.63) is 44.7 Å². The van der Waals surface area contributed by atoms with Crippen molar-refractivity contribution >= 4 is 34.7 Å². The lowest BCUT2D eigenvalue weighted by Gasteiger charge is -2.08. The molecule has 0 atom stereocenters. The average molecular weight is 329 g/mol. The molecule has 1 N–H and O–H groups in total. The number of hydrogen-bond donors (Lipinski definition) is 1. The minimum atomic E-state index is -0.612. The third-order valence-corrected chi connectivity index (χ3v) is 3.11. The molecule has 9 heteroatoms. The first-order valence-corrected chi connectivity index (χ1v) is 6.64. The Kier molecular flexibility index (Phi) is 4.77. The van der Waals surface area contributed by atoms with Gasteiger partial charge in [-0.15, -0.1) is 0 Å². The lowest BCUT2D eigenvalue weighted by atomic mass is 10.3. The largest absolute Gasteiger partial charge is 0.430 e. The third kappa shape index (κ3) is 3.71. The topological polar surface area (TPSA) is 90.2 Å². The van der Waals surface area contributed by atoms with Gasteiger partial charge in [-0.25, -0.2) is 0 Å². The molecule has 0 aliphatic carbocycles. The standard InChI is InChI=1S/C12H10Cl2N4O3/c1-2-16-11-5-15-6-12(17-11)21-10-4-8(14)7(13)3-9(10)18(19)20/h3-6H,2H2,1H3,(H,16,17). The van der Waals surface area contributed by atoms with E-state index in [0.717, 1.165) is 6.07 Å². The Morgan fingerprint density at radius 1 is 1.33 bits per heavy atom. The highest BCUT2D eigenvalue weighted by Crippen LogP contribution is 2.37. The van der Waals surface area contributed by atoms with E-state index >= 15 is 0 Å². The molecule has 0 radical (unpaired) electrons. The SMILES string of the molecule is CCNc1cncc(Oc2cc(Cl)c(Cl)cc2[N+](=O)[O-])n1. The molecular weight excluding hydrogens is 319 g/mol. The summed E-state index contributed by atoms with van der Waals surface area (Å²) >= 11 is 11.6. The van der Waals surface area contributed by atoms with E-state index in [0.29, 0.717) is 12.4 Å². The van der Waals surface area contributed by atoms with Crippen LogP contribution in [0.25, 0.3) is 0 Å². The van der Waals surface area contributed by atoms with Gasteiger partial charge in [0.15, 0.2) is 0 Å². The summed E-state index contributed by atoms with van der Waals surface area (Å²) in [5.74, 6) is 0.546. The highest BCUT2D eigenvalue weighted by molar-refractivity contribution is 6.42.